The van der Waals surface area contributed by atoms with Crippen LogP contribution in [0, 0.1) is 6.92 Å². The van der Waals surface area contributed by atoms with Gasteiger partial charge in [0.2, 0.25) is 0 Å². The van der Waals surface area contributed by atoms with E-state index in [9.17, 15) is 0 Å². The fourth-order valence-electron chi connectivity index (χ4n) is 5.86. The topological polar surface area (TPSA) is 77.4 Å². The van der Waals surface area contributed by atoms with Gasteiger partial charge in [-0.25, -0.2) is 0 Å². The number of aromatic nitrogens is 1. The van der Waals surface area contributed by atoms with Crippen LogP contribution in [0.3, 0.4) is 0 Å². The van der Waals surface area contributed by atoms with E-state index in [0.717, 1.165) is 60.8 Å². The largest absolute Gasteiger partial charge is 0.378 e. The molecule has 1 fully saturated rings. The number of aliphatic imine (C=N–C) groups is 2. The molecule has 4 aromatic rings. The zero-order chi connectivity index (χ0) is 33.7. The number of anilines is 1. The molecule has 0 amide bonds. The molecule has 2 aliphatic rings. The second kappa shape index (κ2) is 17.8. The molecule has 2 N–H and O–H groups in total. The molecule has 6 rings (SSSR count). The number of benzene rings is 3. The molecular weight excluding hydrogens is 618 g/mol. The van der Waals surface area contributed by atoms with E-state index in [1.807, 2.05) is 44.3 Å². The highest BCUT2D eigenvalue weighted by Crippen LogP contribution is 2.32. The Morgan fingerprint density at radius 3 is 2.33 bits per heavy atom. The molecule has 9 heteroatoms. The molecule has 1 saturated heterocycles. The monoisotopic (exact) mass is 665 g/mol. The van der Waals surface area contributed by atoms with E-state index in [0.29, 0.717) is 31.3 Å². The zero-order valence-electron chi connectivity index (χ0n) is 28.6. The molecule has 0 aliphatic carbocycles. The molecule has 48 heavy (non-hydrogen) atoms. The lowest BCUT2D eigenvalue weighted by Gasteiger charge is -2.36. The lowest BCUT2D eigenvalue weighted by molar-refractivity contribution is 0.149. The summed E-state index contributed by atoms with van der Waals surface area (Å²) in [6.45, 7) is 15.5. The van der Waals surface area contributed by atoms with Crippen LogP contribution < -0.4 is 10.6 Å². The van der Waals surface area contributed by atoms with E-state index in [1.54, 1.807) is 6.34 Å². The third kappa shape index (κ3) is 9.66. The molecule has 1 atom stereocenters. The van der Waals surface area contributed by atoms with Gasteiger partial charge in [-0.3, -0.25) is 19.9 Å². The number of piperazine rings is 1. The highest BCUT2D eigenvalue weighted by molar-refractivity contribution is 6.31. The van der Waals surface area contributed by atoms with Gasteiger partial charge in [0.15, 0.2) is 0 Å². The third-order valence-corrected chi connectivity index (χ3v) is 8.67. The molecule has 1 aromatic heterocycles. The molecule has 3 heterocycles. The van der Waals surface area contributed by atoms with E-state index in [2.05, 4.69) is 98.9 Å². The van der Waals surface area contributed by atoms with Crippen molar-refractivity contribution in [1.82, 2.24) is 20.1 Å². The van der Waals surface area contributed by atoms with Crippen LogP contribution in [0.1, 0.15) is 49.1 Å². The van der Waals surface area contributed by atoms with Gasteiger partial charge >= 0.3 is 0 Å². The Labute approximate surface area is 290 Å². The maximum atomic E-state index is 6.26. The number of aryl methyl sites for hydroxylation is 1. The normalized spacial score (nSPS) is 17.8. The van der Waals surface area contributed by atoms with Gasteiger partial charge in [0, 0.05) is 60.7 Å². The minimum atomic E-state index is -0.0196. The van der Waals surface area contributed by atoms with Crippen molar-refractivity contribution in [3.05, 3.63) is 118 Å². The molecule has 1 unspecified atom stereocenters. The lowest BCUT2D eigenvalue weighted by atomic mass is 9.96. The Bertz CT molecular complexity index is 1690. The fraction of sp³-hybridized carbons (Fsp3) is 0.359. The Hall–Kier alpha value is -4.24. The summed E-state index contributed by atoms with van der Waals surface area (Å²) in [6.07, 6.45) is 5.70. The van der Waals surface area contributed by atoms with E-state index in [-0.39, 0.29) is 6.04 Å². The summed E-state index contributed by atoms with van der Waals surface area (Å²) in [6, 6.07) is 25.7. The van der Waals surface area contributed by atoms with E-state index in [4.69, 9.17) is 21.3 Å². The second-order valence-corrected chi connectivity index (χ2v) is 12.3. The average molecular weight is 666 g/mol. The number of hydrogen-bond acceptors (Lipinski definition) is 8. The third-order valence-electron chi connectivity index (χ3n) is 8.43. The minimum Gasteiger partial charge on any atom is -0.378 e. The predicted molar refractivity (Wildman–Crippen MR) is 201 cm³/mol. The summed E-state index contributed by atoms with van der Waals surface area (Å²) in [7, 11) is 0. The van der Waals surface area contributed by atoms with Crippen molar-refractivity contribution in [3.63, 3.8) is 0 Å². The molecule has 0 saturated carbocycles. The number of amidine groups is 1. The first kappa shape index (κ1) is 35.1. The van der Waals surface area contributed by atoms with Gasteiger partial charge < -0.3 is 20.3 Å². The van der Waals surface area contributed by atoms with Crippen LogP contribution in [0.25, 0.3) is 10.9 Å². The van der Waals surface area contributed by atoms with Crippen LogP contribution in [0.4, 0.5) is 5.69 Å². The smallest absolute Gasteiger partial charge is 0.125 e. The number of halogens is 1. The Kier molecular flexibility index (Phi) is 13.0. The summed E-state index contributed by atoms with van der Waals surface area (Å²) in [5.41, 5.74) is 7.91. The van der Waals surface area contributed by atoms with Crippen LogP contribution in [-0.2, 0) is 11.3 Å². The second-order valence-electron chi connectivity index (χ2n) is 11.9. The Morgan fingerprint density at radius 2 is 1.58 bits per heavy atom. The highest BCUT2D eigenvalue weighted by atomic mass is 35.5. The fourth-order valence-corrected chi connectivity index (χ4v) is 6.02. The first-order chi connectivity index (χ1) is 23.5. The van der Waals surface area contributed by atoms with Crippen LogP contribution >= 0.6 is 11.6 Å². The van der Waals surface area contributed by atoms with Gasteiger partial charge in [0.05, 0.1) is 44.2 Å². The van der Waals surface area contributed by atoms with Crippen molar-refractivity contribution in [2.24, 2.45) is 9.98 Å². The summed E-state index contributed by atoms with van der Waals surface area (Å²) in [5.74, 6) is 1.01. The number of nitrogens with zero attached hydrogens (tertiary/aromatic N) is 5. The summed E-state index contributed by atoms with van der Waals surface area (Å²) < 4.78 is 5.65. The van der Waals surface area contributed by atoms with Crippen molar-refractivity contribution in [2.75, 3.05) is 57.8 Å². The average Bonchev–Trinajstić information content (AvgIpc) is 3.10. The summed E-state index contributed by atoms with van der Waals surface area (Å²) >= 11 is 6.26. The molecule has 3 aromatic carbocycles. The molecule has 2 aliphatic heterocycles. The number of pyridine rings is 1. The Morgan fingerprint density at radius 1 is 0.875 bits per heavy atom. The molecule has 0 radical (unpaired) electrons. The quantitative estimate of drug-likeness (QED) is 0.222. The lowest BCUT2D eigenvalue weighted by Crippen LogP contribution is -2.48. The maximum Gasteiger partial charge on any atom is 0.125 e. The molecule has 0 bridgehead atoms. The van der Waals surface area contributed by atoms with Gasteiger partial charge in [-0.1, -0.05) is 79.5 Å². The van der Waals surface area contributed by atoms with Crippen LogP contribution in [0.2, 0.25) is 5.02 Å². The van der Waals surface area contributed by atoms with Crippen molar-refractivity contribution < 1.29 is 4.74 Å². The molecule has 8 nitrogen and oxygen atoms in total. The van der Waals surface area contributed by atoms with Crippen molar-refractivity contribution in [3.8, 4) is 0 Å². The summed E-state index contributed by atoms with van der Waals surface area (Å²) in [4.78, 5) is 18.6. The number of rotatable bonds is 6. The molecule has 252 valence electrons. The van der Waals surface area contributed by atoms with Gasteiger partial charge in [-0.15, -0.1) is 0 Å². The minimum absolute atomic E-state index is 0.0196. The number of hydrogen-bond donors (Lipinski definition) is 2. The van der Waals surface area contributed by atoms with E-state index < -0.39 is 0 Å². The first-order valence-electron chi connectivity index (χ1n) is 17.0. The standard InChI is InChI=1S/C37H42ClN7O.C2H6/c1-27-3-7-30(8-4-27)37(43-34-13-14-40-35-24-32(38)11-12-33(34)35)31-9-5-29(6-10-31)25-44-17-19-45(20-18-44)36-23-28(2)42-26-39-15-21-46-22-16-41-36;1-2/h3-14,23-24,26,37H,15-22,25H2,1-2H3,(H,39,42)(H,40,43);1-2H3/b28-23-,41-36?;. The van der Waals surface area contributed by atoms with Gasteiger partial charge in [0.1, 0.15) is 5.84 Å². The van der Waals surface area contributed by atoms with Crippen LogP contribution in [0.15, 0.2) is 101 Å². The zero-order valence-corrected chi connectivity index (χ0v) is 29.4. The Balaban J connectivity index is 0.00000221. The van der Waals surface area contributed by atoms with Gasteiger partial charge in [0.25, 0.3) is 0 Å². The van der Waals surface area contributed by atoms with Crippen molar-refractivity contribution >= 4 is 40.4 Å². The predicted octanol–water partition coefficient (Wildman–Crippen LogP) is 7.49. The first-order valence-corrected chi connectivity index (χ1v) is 17.4. The van der Waals surface area contributed by atoms with Crippen LogP contribution in [0.5, 0.6) is 0 Å². The van der Waals surface area contributed by atoms with Crippen molar-refractivity contribution in [1.29, 1.82) is 0 Å². The maximum absolute atomic E-state index is 6.26. The van der Waals surface area contributed by atoms with Gasteiger partial charge in [-0.2, -0.15) is 0 Å². The number of ether oxygens (including phenoxy) is 1. The van der Waals surface area contributed by atoms with E-state index >= 15 is 0 Å². The molecule has 0 spiro atoms. The number of allylic oxidation sites excluding steroid dienone is 1. The summed E-state index contributed by atoms with van der Waals surface area (Å²) in [5, 5.41) is 8.80. The molecular formula is C39H48ClN7O. The van der Waals surface area contributed by atoms with E-state index in [1.165, 1.54) is 22.3 Å². The number of nitrogens with one attached hydrogen (secondary N) is 2. The number of fused-ring (bicyclic) bond motifs is 1. The highest BCUT2D eigenvalue weighted by Gasteiger charge is 2.20. The SMILES string of the molecule is C/C1=C/C(N2CCN(Cc3ccc(C(Nc4ccnc5cc(Cl)ccc45)c4ccc(C)cc4)cc3)CC2)=NCCOCCN=CN1.CC. The van der Waals surface area contributed by atoms with Gasteiger partial charge in [-0.05, 0) is 60.9 Å². The van der Waals surface area contributed by atoms with Crippen LogP contribution in [-0.4, -0.2) is 79.4 Å². The van der Waals surface area contributed by atoms with Crippen molar-refractivity contribution in [2.45, 2.75) is 40.3 Å².